The van der Waals surface area contributed by atoms with E-state index in [1.54, 1.807) is 9.12 Å². The molecule has 3 heteroatoms. The van der Waals surface area contributed by atoms with Crippen molar-refractivity contribution >= 4 is 30.3 Å². The van der Waals surface area contributed by atoms with Gasteiger partial charge in [0, 0.05) is 36.5 Å². The Morgan fingerprint density at radius 3 is 2.67 bits per heavy atom. The van der Waals surface area contributed by atoms with Gasteiger partial charge in [0.15, 0.2) is 0 Å². The third kappa shape index (κ3) is 4.62. The average molecular weight is 215 g/mol. The summed E-state index contributed by atoms with van der Waals surface area (Å²) in [6, 6.07) is 0. The fourth-order valence-corrected chi connectivity index (χ4v) is 0.722. The maximum Gasteiger partial charge on any atom is 0.0217 e. The quantitative estimate of drug-likeness (QED) is 0.559. The molecule has 36 valence electrons. The Morgan fingerprint density at radius 1 is 1.83 bits per heavy atom. The van der Waals surface area contributed by atoms with Crippen LogP contribution in [-0.2, 0) is 0 Å². The number of nitrogens with one attached hydrogen (secondary N) is 1. The normalized spacial score (nSPS) is 9.67. The van der Waals surface area contributed by atoms with Crippen LogP contribution >= 0.6 is 30.3 Å². The van der Waals surface area contributed by atoms with E-state index in [0.29, 0.717) is 0 Å². The summed E-state index contributed by atoms with van der Waals surface area (Å²) >= 11 is 2.17. The minimum atomic E-state index is 1.56. The highest BCUT2D eigenvalue weighted by molar-refractivity contribution is 14.2. The molecule has 0 saturated heterocycles. The molecule has 0 aromatic rings. The summed E-state index contributed by atoms with van der Waals surface area (Å²) in [7, 11) is 1.56. The SMILES string of the molecule is C/C=C\NSI. The van der Waals surface area contributed by atoms with Crippen molar-refractivity contribution in [2.45, 2.75) is 6.92 Å². The number of hydrogen-bond donors (Lipinski definition) is 1. The van der Waals surface area contributed by atoms with Gasteiger partial charge in [0.05, 0.1) is 0 Å². The Kier molecular flexibility index (Phi) is 6.20. The molecule has 0 aliphatic carbocycles. The summed E-state index contributed by atoms with van der Waals surface area (Å²) in [5, 5.41) is 0. The van der Waals surface area contributed by atoms with Gasteiger partial charge in [-0.25, -0.2) is 0 Å². The zero-order valence-corrected chi connectivity index (χ0v) is 6.41. The zero-order valence-electron chi connectivity index (χ0n) is 3.44. The van der Waals surface area contributed by atoms with E-state index in [-0.39, 0.29) is 0 Å². The van der Waals surface area contributed by atoms with Gasteiger partial charge in [0.2, 0.25) is 0 Å². The second kappa shape index (κ2) is 5.62. The maximum atomic E-state index is 2.92. The van der Waals surface area contributed by atoms with Crippen molar-refractivity contribution < 1.29 is 0 Å². The molecule has 0 heterocycles. The number of halogens is 1. The summed E-state index contributed by atoms with van der Waals surface area (Å²) in [4.78, 5) is 0. The van der Waals surface area contributed by atoms with Crippen LogP contribution in [0.4, 0.5) is 0 Å². The fourth-order valence-electron chi connectivity index (χ4n) is 0.0938. The number of hydrogen-bond acceptors (Lipinski definition) is 2. The molecule has 0 unspecified atom stereocenters. The topological polar surface area (TPSA) is 12.0 Å². The standard InChI is InChI=1S/C3H6INS/c1-2-3-5-6-4/h2-3,5H,1H3/b3-2-. The first kappa shape index (κ1) is 6.62. The van der Waals surface area contributed by atoms with Crippen molar-refractivity contribution in [1.82, 2.24) is 4.72 Å². The second-order valence-electron chi connectivity index (χ2n) is 0.695. The van der Waals surface area contributed by atoms with Crippen LogP contribution in [0.5, 0.6) is 0 Å². The molecule has 0 fully saturated rings. The van der Waals surface area contributed by atoms with Crippen molar-refractivity contribution in [3.05, 3.63) is 12.3 Å². The molecule has 0 spiro atoms. The van der Waals surface area contributed by atoms with Crippen molar-refractivity contribution in [2.75, 3.05) is 0 Å². The van der Waals surface area contributed by atoms with Gasteiger partial charge in [-0.1, -0.05) is 6.08 Å². The molecule has 0 radical (unpaired) electrons. The lowest BCUT2D eigenvalue weighted by atomic mass is 10.7. The average Bonchev–Trinajstić information content (AvgIpc) is 1.61. The Bertz CT molecular complexity index is 46.1. The highest BCUT2D eigenvalue weighted by Crippen LogP contribution is 2.02. The monoisotopic (exact) mass is 215 g/mol. The van der Waals surface area contributed by atoms with Crippen LogP contribution in [0.15, 0.2) is 12.3 Å². The third-order valence-electron chi connectivity index (χ3n) is 0.279. The van der Waals surface area contributed by atoms with Crippen molar-refractivity contribution in [2.24, 2.45) is 0 Å². The third-order valence-corrected chi connectivity index (χ3v) is 1.27. The fraction of sp³-hybridized carbons (Fsp3) is 0.333. The molecular formula is C3H6INS. The molecule has 0 atom stereocenters. The summed E-state index contributed by atoms with van der Waals surface area (Å²) in [5.41, 5.74) is 0. The van der Waals surface area contributed by atoms with Crippen LogP contribution in [0.1, 0.15) is 6.92 Å². The highest BCUT2D eigenvalue weighted by atomic mass is 127. The van der Waals surface area contributed by atoms with Gasteiger partial charge in [-0.05, 0) is 6.92 Å². The molecule has 0 rings (SSSR count). The molecule has 1 nitrogen and oxygen atoms in total. The van der Waals surface area contributed by atoms with E-state index in [1.165, 1.54) is 0 Å². The molecule has 0 aromatic heterocycles. The minimum Gasteiger partial charge on any atom is -0.328 e. The van der Waals surface area contributed by atoms with Crippen molar-refractivity contribution in [3.63, 3.8) is 0 Å². The van der Waals surface area contributed by atoms with E-state index in [2.05, 4.69) is 25.9 Å². The van der Waals surface area contributed by atoms with Gasteiger partial charge < -0.3 is 4.72 Å². The van der Waals surface area contributed by atoms with Crippen LogP contribution in [0.2, 0.25) is 0 Å². The molecule has 6 heavy (non-hydrogen) atoms. The van der Waals surface area contributed by atoms with E-state index in [9.17, 15) is 0 Å². The zero-order chi connectivity index (χ0) is 4.83. The van der Waals surface area contributed by atoms with Gasteiger partial charge in [-0.2, -0.15) is 0 Å². The Labute approximate surface area is 54.3 Å². The van der Waals surface area contributed by atoms with Crippen LogP contribution < -0.4 is 4.72 Å². The highest BCUT2D eigenvalue weighted by Gasteiger charge is 1.61. The summed E-state index contributed by atoms with van der Waals surface area (Å²) in [5.74, 6) is 0. The van der Waals surface area contributed by atoms with E-state index in [1.807, 2.05) is 19.2 Å². The van der Waals surface area contributed by atoms with Crippen LogP contribution in [0, 0.1) is 0 Å². The number of rotatable bonds is 2. The lowest BCUT2D eigenvalue weighted by Crippen LogP contribution is -1.81. The van der Waals surface area contributed by atoms with Gasteiger partial charge in [-0.3, -0.25) is 0 Å². The van der Waals surface area contributed by atoms with Gasteiger partial charge in [0.25, 0.3) is 0 Å². The van der Waals surface area contributed by atoms with Crippen molar-refractivity contribution in [3.8, 4) is 0 Å². The van der Waals surface area contributed by atoms with E-state index >= 15 is 0 Å². The van der Waals surface area contributed by atoms with E-state index in [4.69, 9.17) is 0 Å². The van der Waals surface area contributed by atoms with E-state index < -0.39 is 0 Å². The molecule has 0 amide bonds. The molecule has 1 N–H and O–H groups in total. The van der Waals surface area contributed by atoms with E-state index in [0.717, 1.165) is 0 Å². The molecule has 0 aliphatic rings. The second-order valence-corrected chi connectivity index (χ2v) is 2.41. The maximum absolute atomic E-state index is 2.92. The largest absolute Gasteiger partial charge is 0.328 e. The predicted octanol–water partition coefficient (Wildman–Crippen LogP) is 2.11. The van der Waals surface area contributed by atoms with Crippen LogP contribution in [-0.4, -0.2) is 0 Å². The van der Waals surface area contributed by atoms with Crippen molar-refractivity contribution in [1.29, 1.82) is 0 Å². The van der Waals surface area contributed by atoms with Gasteiger partial charge in [-0.15, -0.1) is 0 Å². The predicted molar refractivity (Wildman–Crippen MR) is 39.6 cm³/mol. The Hall–Kier alpha value is 0.620. The van der Waals surface area contributed by atoms with Gasteiger partial charge >= 0.3 is 0 Å². The summed E-state index contributed by atoms with van der Waals surface area (Å²) < 4.78 is 2.92. The van der Waals surface area contributed by atoms with Gasteiger partial charge in [0.1, 0.15) is 0 Å². The first-order valence-electron chi connectivity index (χ1n) is 1.56. The number of allylic oxidation sites excluding steroid dienone is 1. The smallest absolute Gasteiger partial charge is 0.0217 e. The molecule has 0 aromatic carbocycles. The lowest BCUT2D eigenvalue weighted by molar-refractivity contribution is 1.41. The molecule has 0 bridgehead atoms. The molecule has 0 saturated carbocycles. The summed E-state index contributed by atoms with van der Waals surface area (Å²) in [6.45, 7) is 1.97. The Balaban J connectivity index is 2.66. The summed E-state index contributed by atoms with van der Waals surface area (Å²) in [6.07, 6.45) is 3.84. The molecule has 0 aliphatic heterocycles. The van der Waals surface area contributed by atoms with Crippen LogP contribution in [0.3, 0.4) is 0 Å². The lowest BCUT2D eigenvalue weighted by Gasteiger charge is -1.82. The Morgan fingerprint density at radius 2 is 2.50 bits per heavy atom. The first-order chi connectivity index (χ1) is 2.91. The van der Waals surface area contributed by atoms with Crippen LogP contribution in [0.25, 0.3) is 0 Å². The first-order valence-corrected chi connectivity index (χ1v) is 4.92. The molecular weight excluding hydrogens is 209 g/mol. The minimum absolute atomic E-state index is 1.56.